The van der Waals surface area contributed by atoms with E-state index in [2.05, 4.69) is 24.1 Å². The predicted molar refractivity (Wildman–Crippen MR) is 69.7 cm³/mol. The molecule has 2 heterocycles. The number of rotatable bonds is 4. The van der Waals surface area contributed by atoms with Crippen LogP contribution in [0.25, 0.3) is 0 Å². The van der Waals surface area contributed by atoms with Crippen molar-refractivity contribution in [3.05, 3.63) is 0 Å². The van der Waals surface area contributed by atoms with E-state index in [1.165, 1.54) is 58.2 Å². The Balaban J connectivity index is 1.74. The average Bonchev–Trinajstić information content (AvgIpc) is 2.69. The molecule has 3 unspecified atom stereocenters. The summed E-state index contributed by atoms with van der Waals surface area (Å²) >= 11 is 0. The summed E-state index contributed by atoms with van der Waals surface area (Å²) in [4.78, 5) is 2.77. The first kappa shape index (κ1) is 12.4. The standard InChI is InChI=1S/C14H28N2/c1-3-14-7-6-12(2)16(14)10-8-13-5-4-9-15-11-13/h12-15H,3-11H2,1-2H3. The van der Waals surface area contributed by atoms with Gasteiger partial charge in [0, 0.05) is 12.1 Å². The maximum atomic E-state index is 3.53. The third-order valence-corrected chi connectivity index (χ3v) is 4.62. The molecule has 0 aliphatic carbocycles. The van der Waals surface area contributed by atoms with Crippen molar-refractivity contribution in [3.8, 4) is 0 Å². The fourth-order valence-electron chi connectivity index (χ4n) is 3.47. The van der Waals surface area contributed by atoms with Gasteiger partial charge in [-0.1, -0.05) is 6.92 Å². The molecule has 0 radical (unpaired) electrons. The monoisotopic (exact) mass is 224 g/mol. The van der Waals surface area contributed by atoms with E-state index in [1.54, 1.807) is 0 Å². The molecule has 1 N–H and O–H groups in total. The highest BCUT2D eigenvalue weighted by molar-refractivity contribution is 4.85. The Morgan fingerprint density at radius 2 is 2.12 bits per heavy atom. The molecule has 0 aromatic heterocycles. The van der Waals surface area contributed by atoms with Crippen LogP contribution in [-0.2, 0) is 0 Å². The van der Waals surface area contributed by atoms with E-state index in [0.29, 0.717) is 0 Å². The molecule has 2 aliphatic heterocycles. The third-order valence-electron chi connectivity index (χ3n) is 4.62. The lowest BCUT2D eigenvalue weighted by Gasteiger charge is -2.30. The van der Waals surface area contributed by atoms with Gasteiger partial charge in [-0.05, 0) is 71.0 Å². The molecule has 94 valence electrons. The fourth-order valence-corrected chi connectivity index (χ4v) is 3.47. The van der Waals surface area contributed by atoms with Crippen molar-refractivity contribution in [1.82, 2.24) is 10.2 Å². The van der Waals surface area contributed by atoms with Gasteiger partial charge in [0.25, 0.3) is 0 Å². The minimum atomic E-state index is 0.835. The predicted octanol–water partition coefficient (Wildman–Crippen LogP) is 2.64. The van der Waals surface area contributed by atoms with Crippen LogP contribution in [0.3, 0.4) is 0 Å². The average molecular weight is 224 g/mol. The van der Waals surface area contributed by atoms with Gasteiger partial charge < -0.3 is 5.32 Å². The Morgan fingerprint density at radius 3 is 2.81 bits per heavy atom. The van der Waals surface area contributed by atoms with Crippen LogP contribution in [0.1, 0.15) is 52.4 Å². The Bertz CT molecular complexity index is 199. The fraction of sp³-hybridized carbons (Fsp3) is 1.00. The number of hydrogen-bond acceptors (Lipinski definition) is 2. The zero-order valence-electron chi connectivity index (χ0n) is 11.0. The van der Waals surface area contributed by atoms with Gasteiger partial charge in [-0.3, -0.25) is 4.90 Å². The largest absolute Gasteiger partial charge is 0.316 e. The van der Waals surface area contributed by atoms with Gasteiger partial charge in [-0.25, -0.2) is 0 Å². The lowest BCUT2D eigenvalue weighted by Crippen LogP contribution is -2.38. The minimum Gasteiger partial charge on any atom is -0.316 e. The molecule has 16 heavy (non-hydrogen) atoms. The lowest BCUT2D eigenvalue weighted by atomic mass is 9.96. The van der Waals surface area contributed by atoms with Crippen molar-refractivity contribution in [1.29, 1.82) is 0 Å². The first-order chi connectivity index (χ1) is 7.81. The summed E-state index contributed by atoms with van der Waals surface area (Å²) < 4.78 is 0. The van der Waals surface area contributed by atoms with Crippen LogP contribution in [0.5, 0.6) is 0 Å². The Hall–Kier alpha value is -0.0800. The van der Waals surface area contributed by atoms with E-state index >= 15 is 0 Å². The highest BCUT2D eigenvalue weighted by Crippen LogP contribution is 2.27. The van der Waals surface area contributed by atoms with Crippen molar-refractivity contribution in [3.63, 3.8) is 0 Å². The maximum Gasteiger partial charge on any atom is 0.00960 e. The van der Waals surface area contributed by atoms with Crippen LogP contribution < -0.4 is 5.32 Å². The van der Waals surface area contributed by atoms with Gasteiger partial charge in [0.15, 0.2) is 0 Å². The van der Waals surface area contributed by atoms with Crippen LogP contribution in [-0.4, -0.2) is 36.6 Å². The number of nitrogens with zero attached hydrogens (tertiary/aromatic N) is 1. The minimum absolute atomic E-state index is 0.835. The molecule has 2 aliphatic rings. The molecule has 0 bridgehead atoms. The molecule has 2 saturated heterocycles. The van der Waals surface area contributed by atoms with E-state index in [1.807, 2.05) is 0 Å². The van der Waals surface area contributed by atoms with Gasteiger partial charge in [0.05, 0.1) is 0 Å². The highest BCUT2D eigenvalue weighted by Gasteiger charge is 2.29. The molecular formula is C14H28N2. The topological polar surface area (TPSA) is 15.3 Å². The molecule has 0 aromatic rings. The molecule has 2 nitrogen and oxygen atoms in total. The number of hydrogen-bond donors (Lipinski definition) is 1. The van der Waals surface area contributed by atoms with Gasteiger partial charge >= 0.3 is 0 Å². The Morgan fingerprint density at radius 1 is 1.25 bits per heavy atom. The SMILES string of the molecule is CCC1CCC(C)N1CCC1CCCNC1. The number of nitrogens with one attached hydrogen (secondary N) is 1. The van der Waals surface area contributed by atoms with Crippen LogP contribution in [0.4, 0.5) is 0 Å². The van der Waals surface area contributed by atoms with Crippen LogP contribution in [0.2, 0.25) is 0 Å². The van der Waals surface area contributed by atoms with E-state index in [9.17, 15) is 0 Å². The maximum absolute atomic E-state index is 3.53. The number of piperidine rings is 1. The Labute approximate surface area is 101 Å². The van der Waals surface area contributed by atoms with Gasteiger partial charge in [0.2, 0.25) is 0 Å². The van der Waals surface area contributed by atoms with Gasteiger partial charge in [0.1, 0.15) is 0 Å². The summed E-state index contributed by atoms with van der Waals surface area (Å²) in [5, 5.41) is 3.53. The molecule has 0 spiro atoms. The van der Waals surface area contributed by atoms with E-state index in [4.69, 9.17) is 0 Å². The normalized spacial score (nSPS) is 36.8. The summed E-state index contributed by atoms with van der Waals surface area (Å²) in [7, 11) is 0. The second-order valence-electron chi connectivity index (χ2n) is 5.73. The second-order valence-corrected chi connectivity index (χ2v) is 5.73. The first-order valence-electron chi connectivity index (χ1n) is 7.27. The summed E-state index contributed by atoms with van der Waals surface area (Å²) in [6, 6.07) is 1.72. The van der Waals surface area contributed by atoms with Crippen molar-refractivity contribution in [2.75, 3.05) is 19.6 Å². The van der Waals surface area contributed by atoms with Crippen molar-refractivity contribution in [2.24, 2.45) is 5.92 Å². The van der Waals surface area contributed by atoms with Gasteiger partial charge in [-0.15, -0.1) is 0 Å². The second kappa shape index (κ2) is 6.02. The molecule has 2 rings (SSSR count). The van der Waals surface area contributed by atoms with Crippen LogP contribution >= 0.6 is 0 Å². The summed E-state index contributed by atoms with van der Waals surface area (Å²) in [6.45, 7) is 8.60. The summed E-state index contributed by atoms with van der Waals surface area (Å²) in [5.41, 5.74) is 0. The molecule has 0 saturated carbocycles. The molecule has 0 aromatic carbocycles. The van der Waals surface area contributed by atoms with Crippen LogP contribution in [0, 0.1) is 5.92 Å². The molecule has 0 amide bonds. The number of likely N-dealkylation sites (tertiary alicyclic amines) is 1. The van der Waals surface area contributed by atoms with E-state index in [0.717, 1.165) is 18.0 Å². The molecule has 2 heteroatoms. The summed E-state index contributed by atoms with van der Waals surface area (Å²) in [6.07, 6.45) is 8.44. The first-order valence-corrected chi connectivity index (χ1v) is 7.27. The van der Waals surface area contributed by atoms with Gasteiger partial charge in [-0.2, -0.15) is 0 Å². The zero-order valence-corrected chi connectivity index (χ0v) is 11.0. The highest BCUT2D eigenvalue weighted by atomic mass is 15.2. The summed E-state index contributed by atoms with van der Waals surface area (Å²) in [5.74, 6) is 0.944. The molecular weight excluding hydrogens is 196 g/mol. The third kappa shape index (κ3) is 2.98. The zero-order chi connectivity index (χ0) is 11.4. The Kier molecular flexibility index (Phi) is 4.66. The van der Waals surface area contributed by atoms with E-state index < -0.39 is 0 Å². The van der Waals surface area contributed by atoms with E-state index in [-0.39, 0.29) is 0 Å². The smallest absolute Gasteiger partial charge is 0.00960 e. The van der Waals surface area contributed by atoms with Crippen molar-refractivity contribution < 1.29 is 0 Å². The lowest BCUT2D eigenvalue weighted by molar-refractivity contribution is 0.178. The quantitative estimate of drug-likeness (QED) is 0.790. The van der Waals surface area contributed by atoms with Crippen molar-refractivity contribution in [2.45, 2.75) is 64.5 Å². The molecule has 2 fully saturated rings. The van der Waals surface area contributed by atoms with Crippen molar-refractivity contribution >= 4 is 0 Å². The molecule has 3 atom stereocenters. The van der Waals surface area contributed by atoms with Crippen LogP contribution in [0.15, 0.2) is 0 Å².